The third kappa shape index (κ3) is 13.2. The Labute approximate surface area is 199 Å². The van der Waals surface area contributed by atoms with Crippen LogP contribution in [0.2, 0.25) is 0 Å². The number of nitrogens with zero attached hydrogens (tertiary/aromatic N) is 2. The summed E-state index contributed by atoms with van der Waals surface area (Å²) in [6, 6.07) is 0. The third-order valence-electron chi connectivity index (χ3n) is 5.84. The third-order valence-corrected chi connectivity index (χ3v) is 6.64. The molecule has 0 aliphatic carbocycles. The zero-order chi connectivity index (χ0) is 22.7. The molecule has 182 valence electrons. The van der Waals surface area contributed by atoms with Crippen molar-refractivity contribution in [2.45, 2.75) is 116 Å². The van der Waals surface area contributed by atoms with Crippen molar-refractivity contribution < 1.29 is 9.53 Å². The summed E-state index contributed by atoms with van der Waals surface area (Å²) in [6.07, 6.45) is 24.2. The van der Waals surface area contributed by atoms with Crippen molar-refractivity contribution in [3.8, 4) is 0 Å². The molecule has 1 saturated heterocycles. The van der Waals surface area contributed by atoms with Crippen LogP contribution in [0.3, 0.4) is 0 Å². The van der Waals surface area contributed by atoms with Crippen molar-refractivity contribution in [3.05, 3.63) is 12.2 Å². The Balaban J connectivity index is 1.38. The number of unbranched alkanes of at least 4 members (excludes halogenated alkanes) is 11. The molecule has 1 atom stereocenters. The van der Waals surface area contributed by atoms with Crippen molar-refractivity contribution >= 4 is 27.5 Å². The molecule has 1 unspecified atom stereocenters. The highest BCUT2D eigenvalue weighted by molar-refractivity contribution is 7.19. The summed E-state index contributed by atoms with van der Waals surface area (Å²) in [4.78, 5) is 12.1. The van der Waals surface area contributed by atoms with Crippen molar-refractivity contribution in [2.75, 3.05) is 23.8 Å². The van der Waals surface area contributed by atoms with Crippen molar-refractivity contribution in [3.63, 3.8) is 0 Å². The summed E-state index contributed by atoms with van der Waals surface area (Å²) in [7, 11) is 0. The van der Waals surface area contributed by atoms with Crippen LogP contribution >= 0.6 is 11.3 Å². The maximum Gasteiger partial charge on any atom is 0.226 e. The normalized spacial score (nSPS) is 16.1. The molecule has 0 radical (unpaired) electrons. The summed E-state index contributed by atoms with van der Waals surface area (Å²) < 4.78 is 5.59. The largest absolute Gasteiger partial charge is 0.376 e. The fraction of sp³-hybridized carbons (Fsp3) is 0.800. The molecule has 32 heavy (non-hydrogen) atoms. The van der Waals surface area contributed by atoms with Crippen LogP contribution in [0.4, 0.5) is 10.3 Å². The lowest BCUT2D eigenvalue weighted by Crippen LogP contribution is -2.18. The van der Waals surface area contributed by atoms with Gasteiger partial charge in [0, 0.05) is 19.6 Å². The summed E-state index contributed by atoms with van der Waals surface area (Å²) in [5, 5.41) is 15.5. The Morgan fingerprint density at radius 3 is 2.31 bits per heavy atom. The molecule has 1 amide bonds. The van der Waals surface area contributed by atoms with Crippen LogP contribution < -0.4 is 10.6 Å². The highest BCUT2D eigenvalue weighted by Gasteiger charge is 2.16. The van der Waals surface area contributed by atoms with Crippen LogP contribution in [0.15, 0.2) is 12.2 Å². The van der Waals surface area contributed by atoms with E-state index in [-0.39, 0.29) is 12.0 Å². The minimum Gasteiger partial charge on any atom is -0.376 e. The molecule has 1 aliphatic rings. The van der Waals surface area contributed by atoms with Gasteiger partial charge < -0.3 is 15.4 Å². The second-order valence-corrected chi connectivity index (χ2v) is 9.79. The molecule has 1 fully saturated rings. The number of anilines is 2. The Bertz CT molecular complexity index is 629. The molecule has 0 spiro atoms. The standard InChI is InChI=1S/C25H44N4O2S/c1-2-3-4-5-6-7-8-9-10-11-12-13-14-15-16-19-23(30)27-25-29-28-24(32-25)26-21-22-18-17-20-31-22/h9-10,22H,2-8,11-21H2,1H3,(H,26,28)(H,27,29,30). The second kappa shape index (κ2) is 18.0. The second-order valence-electron chi connectivity index (χ2n) is 8.81. The first-order chi connectivity index (χ1) is 15.8. The minimum atomic E-state index is 0.0319. The Hall–Kier alpha value is -1.47. The van der Waals surface area contributed by atoms with Gasteiger partial charge in [-0.05, 0) is 44.9 Å². The van der Waals surface area contributed by atoms with Gasteiger partial charge in [-0.25, -0.2) is 0 Å². The molecule has 0 aromatic carbocycles. The van der Waals surface area contributed by atoms with Crippen LogP contribution in [-0.4, -0.2) is 35.4 Å². The van der Waals surface area contributed by atoms with Gasteiger partial charge in [0.2, 0.25) is 16.2 Å². The molecular formula is C25H44N4O2S. The van der Waals surface area contributed by atoms with Crippen LogP contribution in [0.1, 0.15) is 110 Å². The van der Waals surface area contributed by atoms with Gasteiger partial charge in [-0.3, -0.25) is 4.79 Å². The number of nitrogens with one attached hydrogen (secondary N) is 2. The molecule has 7 heteroatoms. The number of carbonyl (C=O) groups excluding carboxylic acids is 1. The topological polar surface area (TPSA) is 76.1 Å². The van der Waals surface area contributed by atoms with E-state index in [1.807, 2.05) is 0 Å². The average Bonchev–Trinajstić information content (AvgIpc) is 3.47. The average molecular weight is 465 g/mol. The molecule has 1 aromatic heterocycles. The van der Waals surface area contributed by atoms with Gasteiger partial charge in [0.05, 0.1) is 6.10 Å². The quantitative estimate of drug-likeness (QED) is 0.169. The monoisotopic (exact) mass is 464 g/mol. The smallest absolute Gasteiger partial charge is 0.226 e. The lowest BCUT2D eigenvalue weighted by Gasteiger charge is -2.08. The van der Waals surface area contributed by atoms with Gasteiger partial charge in [0.25, 0.3) is 0 Å². The summed E-state index contributed by atoms with van der Waals surface area (Å²) in [6.45, 7) is 3.86. The predicted octanol–water partition coefficient (Wildman–Crippen LogP) is 7.11. The lowest BCUT2D eigenvalue weighted by atomic mass is 10.1. The number of carbonyl (C=O) groups is 1. The zero-order valence-corrected chi connectivity index (χ0v) is 20.9. The molecule has 2 heterocycles. The fourth-order valence-electron chi connectivity index (χ4n) is 3.89. The molecule has 0 bridgehead atoms. The Morgan fingerprint density at radius 2 is 1.62 bits per heavy atom. The first-order valence-electron chi connectivity index (χ1n) is 12.9. The van der Waals surface area contributed by atoms with E-state index >= 15 is 0 Å². The highest BCUT2D eigenvalue weighted by Crippen LogP contribution is 2.21. The number of ether oxygens (including phenoxy) is 1. The van der Waals surface area contributed by atoms with E-state index in [0.29, 0.717) is 11.6 Å². The van der Waals surface area contributed by atoms with Crippen LogP contribution in [-0.2, 0) is 9.53 Å². The van der Waals surface area contributed by atoms with Gasteiger partial charge in [-0.1, -0.05) is 81.8 Å². The minimum absolute atomic E-state index is 0.0319. The summed E-state index contributed by atoms with van der Waals surface area (Å²) in [5.74, 6) is 0.0319. The number of hydrogen-bond acceptors (Lipinski definition) is 6. The number of hydrogen-bond donors (Lipinski definition) is 2. The number of aromatic nitrogens is 2. The van der Waals surface area contributed by atoms with Crippen LogP contribution in [0.5, 0.6) is 0 Å². The van der Waals surface area contributed by atoms with Gasteiger partial charge in [-0.15, -0.1) is 10.2 Å². The van der Waals surface area contributed by atoms with E-state index in [2.05, 4.69) is 39.9 Å². The maximum atomic E-state index is 12.1. The van der Waals surface area contributed by atoms with Gasteiger partial charge in [0.15, 0.2) is 0 Å². The Morgan fingerprint density at radius 1 is 0.969 bits per heavy atom. The molecule has 2 N–H and O–H groups in total. The molecule has 6 nitrogen and oxygen atoms in total. The lowest BCUT2D eigenvalue weighted by molar-refractivity contribution is -0.116. The van der Waals surface area contributed by atoms with E-state index in [1.54, 1.807) is 0 Å². The van der Waals surface area contributed by atoms with E-state index in [1.165, 1.54) is 82.0 Å². The van der Waals surface area contributed by atoms with Crippen LogP contribution in [0, 0.1) is 0 Å². The molecule has 0 saturated carbocycles. The fourth-order valence-corrected chi connectivity index (χ4v) is 4.56. The number of rotatable bonds is 19. The van der Waals surface area contributed by atoms with E-state index in [9.17, 15) is 4.79 Å². The van der Waals surface area contributed by atoms with Gasteiger partial charge in [0.1, 0.15) is 0 Å². The first kappa shape index (κ1) is 26.8. The number of allylic oxidation sites excluding steroid dienone is 2. The van der Waals surface area contributed by atoms with Crippen LogP contribution in [0.25, 0.3) is 0 Å². The van der Waals surface area contributed by atoms with E-state index < -0.39 is 0 Å². The summed E-state index contributed by atoms with van der Waals surface area (Å²) >= 11 is 1.38. The SMILES string of the molecule is CCCCCCCCC=CCCCCCCCC(=O)Nc1nnc(NCC2CCCO2)s1. The van der Waals surface area contributed by atoms with Crippen molar-refractivity contribution in [1.29, 1.82) is 0 Å². The molecular weight excluding hydrogens is 420 g/mol. The summed E-state index contributed by atoms with van der Waals surface area (Å²) in [5.41, 5.74) is 0. The first-order valence-corrected chi connectivity index (χ1v) is 13.7. The van der Waals surface area contributed by atoms with Gasteiger partial charge >= 0.3 is 0 Å². The van der Waals surface area contributed by atoms with E-state index in [0.717, 1.165) is 44.0 Å². The van der Waals surface area contributed by atoms with Gasteiger partial charge in [-0.2, -0.15) is 0 Å². The van der Waals surface area contributed by atoms with Crippen molar-refractivity contribution in [2.24, 2.45) is 0 Å². The molecule has 1 aliphatic heterocycles. The zero-order valence-electron chi connectivity index (χ0n) is 20.1. The number of amides is 1. The van der Waals surface area contributed by atoms with Crippen molar-refractivity contribution in [1.82, 2.24) is 10.2 Å². The maximum absolute atomic E-state index is 12.1. The van der Waals surface area contributed by atoms with E-state index in [4.69, 9.17) is 4.74 Å². The molecule has 2 rings (SSSR count). The Kier molecular flexibility index (Phi) is 15.1. The highest BCUT2D eigenvalue weighted by atomic mass is 32.1. The predicted molar refractivity (Wildman–Crippen MR) is 135 cm³/mol. The molecule has 1 aromatic rings.